The van der Waals surface area contributed by atoms with Crippen molar-refractivity contribution in [3.05, 3.63) is 59.2 Å². The second-order valence-electron chi connectivity index (χ2n) is 5.39. The Kier molecular flexibility index (Phi) is 5.02. The SMILES string of the molecule is COc1cc(C(=O)OCN2C(=O)c3ccccc3C2=O)ccc1OC(F)F. The van der Waals surface area contributed by atoms with Crippen molar-refractivity contribution in [2.24, 2.45) is 0 Å². The Balaban J connectivity index is 1.70. The molecule has 1 aliphatic heterocycles. The van der Waals surface area contributed by atoms with Gasteiger partial charge in [0.2, 0.25) is 0 Å². The summed E-state index contributed by atoms with van der Waals surface area (Å²) >= 11 is 0. The fourth-order valence-electron chi connectivity index (χ4n) is 2.55. The predicted molar refractivity (Wildman–Crippen MR) is 86.9 cm³/mol. The number of nitrogens with zero attached hydrogens (tertiary/aromatic N) is 1. The van der Waals surface area contributed by atoms with E-state index in [0.717, 1.165) is 17.0 Å². The van der Waals surface area contributed by atoms with E-state index < -0.39 is 31.1 Å². The molecule has 2 aromatic rings. The van der Waals surface area contributed by atoms with Crippen molar-refractivity contribution in [1.29, 1.82) is 0 Å². The van der Waals surface area contributed by atoms with Crippen LogP contribution in [0.1, 0.15) is 31.1 Å². The molecule has 9 heteroatoms. The van der Waals surface area contributed by atoms with Crippen molar-refractivity contribution in [1.82, 2.24) is 4.90 Å². The number of alkyl halides is 2. The molecule has 7 nitrogen and oxygen atoms in total. The molecular formula is C18H13F2NO6. The molecule has 0 N–H and O–H groups in total. The van der Waals surface area contributed by atoms with E-state index in [0.29, 0.717) is 0 Å². The predicted octanol–water partition coefficient (Wildman–Crippen LogP) is 2.71. The van der Waals surface area contributed by atoms with Gasteiger partial charge in [-0.25, -0.2) is 9.69 Å². The number of benzene rings is 2. The van der Waals surface area contributed by atoms with Crippen LogP contribution in [0.5, 0.6) is 11.5 Å². The number of esters is 1. The zero-order valence-electron chi connectivity index (χ0n) is 14.0. The van der Waals surface area contributed by atoms with E-state index in [1.807, 2.05) is 0 Å². The molecule has 0 saturated heterocycles. The van der Waals surface area contributed by atoms with E-state index in [9.17, 15) is 23.2 Å². The first kappa shape index (κ1) is 18.3. The lowest BCUT2D eigenvalue weighted by atomic mass is 10.1. The highest BCUT2D eigenvalue weighted by molar-refractivity contribution is 6.21. The third-order valence-corrected chi connectivity index (χ3v) is 3.82. The summed E-state index contributed by atoms with van der Waals surface area (Å²) in [5, 5.41) is 0. The van der Waals surface area contributed by atoms with Crippen LogP contribution in [0.15, 0.2) is 42.5 Å². The van der Waals surface area contributed by atoms with Gasteiger partial charge in [0, 0.05) is 0 Å². The fraction of sp³-hybridized carbons (Fsp3) is 0.167. The van der Waals surface area contributed by atoms with Crippen LogP contribution in [-0.2, 0) is 4.74 Å². The van der Waals surface area contributed by atoms with Gasteiger partial charge >= 0.3 is 12.6 Å². The molecule has 2 amide bonds. The monoisotopic (exact) mass is 377 g/mol. The lowest BCUT2D eigenvalue weighted by Gasteiger charge is -2.15. The molecule has 3 rings (SSSR count). The Morgan fingerprint density at radius 2 is 1.67 bits per heavy atom. The van der Waals surface area contributed by atoms with Crippen molar-refractivity contribution in [2.75, 3.05) is 13.8 Å². The van der Waals surface area contributed by atoms with E-state index in [1.165, 1.54) is 25.3 Å². The molecular weight excluding hydrogens is 364 g/mol. The third kappa shape index (κ3) is 3.57. The quantitative estimate of drug-likeness (QED) is 0.569. The molecule has 0 unspecified atom stereocenters. The lowest BCUT2D eigenvalue weighted by Crippen LogP contribution is -2.33. The Morgan fingerprint density at radius 3 is 2.22 bits per heavy atom. The van der Waals surface area contributed by atoms with E-state index in [-0.39, 0.29) is 28.2 Å². The zero-order valence-corrected chi connectivity index (χ0v) is 14.0. The van der Waals surface area contributed by atoms with Crippen molar-refractivity contribution in [2.45, 2.75) is 6.61 Å². The molecule has 0 aliphatic carbocycles. The number of rotatable bonds is 6. The maximum absolute atomic E-state index is 12.3. The van der Waals surface area contributed by atoms with Gasteiger partial charge in [-0.15, -0.1) is 0 Å². The van der Waals surface area contributed by atoms with Crippen LogP contribution in [-0.4, -0.2) is 43.1 Å². The number of methoxy groups -OCH3 is 1. The van der Waals surface area contributed by atoms with Gasteiger partial charge in [0.25, 0.3) is 11.8 Å². The summed E-state index contributed by atoms with van der Waals surface area (Å²) in [4.78, 5) is 37.4. The molecule has 0 aromatic heterocycles. The van der Waals surface area contributed by atoms with Crippen LogP contribution in [0.2, 0.25) is 0 Å². The molecule has 2 aromatic carbocycles. The van der Waals surface area contributed by atoms with Gasteiger partial charge in [-0.2, -0.15) is 8.78 Å². The number of carbonyl (C=O) groups excluding carboxylic acids is 3. The highest BCUT2D eigenvalue weighted by atomic mass is 19.3. The van der Waals surface area contributed by atoms with Crippen LogP contribution in [0.25, 0.3) is 0 Å². The van der Waals surface area contributed by atoms with E-state index >= 15 is 0 Å². The maximum Gasteiger partial charge on any atom is 0.387 e. The first-order chi connectivity index (χ1) is 12.9. The van der Waals surface area contributed by atoms with Crippen molar-refractivity contribution in [3.8, 4) is 11.5 Å². The minimum atomic E-state index is -3.05. The number of carbonyl (C=O) groups is 3. The van der Waals surface area contributed by atoms with Gasteiger partial charge in [-0.3, -0.25) is 9.59 Å². The Morgan fingerprint density at radius 1 is 1.04 bits per heavy atom. The van der Waals surface area contributed by atoms with Gasteiger partial charge in [0.1, 0.15) is 0 Å². The highest BCUT2D eigenvalue weighted by Crippen LogP contribution is 2.30. The second kappa shape index (κ2) is 7.40. The Hall–Kier alpha value is -3.49. The van der Waals surface area contributed by atoms with Crippen molar-refractivity contribution < 1.29 is 37.4 Å². The zero-order chi connectivity index (χ0) is 19.6. The second-order valence-corrected chi connectivity index (χ2v) is 5.39. The molecule has 27 heavy (non-hydrogen) atoms. The van der Waals surface area contributed by atoms with Crippen LogP contribution in [0, 0.1) is 0 Å². The summed E-state index contributed by atoms with van der Waals surface area (Å²) in [6.07, 6.45) is 0. The molecule has 140 valence electrons. The first-order valence-corrected chi connectivity index (χ1v) is 7.67. The summed E-state index contributed by atoms with van der Waals surface area (Å²) < 4.78 is 38.9. The summed E-state index contributed by atoms with van der Waals surface area (Å²) in [5.41, 5.74) is 0.438. The topological polar surface area (TPSA) is 82.1 Å². The number of ether oxygens (including phenoxy) is 3. The normalized spacial score (nSPS) is 13.0. The fourth-order valence-corrected chi connectivity index (χ4v) is 2.55. The molecule has 0 atom stereocenters. The van der Waals surface area contributed by atoms with E-state index in [1.54, 1.807) is 12.1 Å². The number of fused-ring (bicyclic) bond motifs is 1. The van der Waals surface area contributed by atoms with Crippen molar-refractivity contribution in [3.63, 3.8) is 0 Å². The van der Waals surface area contributed by atoms with Gasteiger partial charge < -0.3 is 14.2 Å². The van der Waals surface area contributed by atoms with Gasteiger partial charge in [0.15, 0.2) is 18.2 Å². The first-order valence-electron chi connectivity index (χ1n) is 7.67. The third-order valence-electron chi connectivity index (χ3n) is 3.82. The molecule has 1 aliphatic rings. The van der Waals surface area contributed by atoms with E-state index in [4.69, 9.17) is 9.47 Å². The molecule has 0 fully saturated rings. The van der Waals surface area contributed by atoms with Crippen LogP contribution in [0.4, 0.5) is 8.78 Å². The molecule has 0 saturated carbocycles. The molecule has 1 heterocycles. The standard InChI is InChI=1S/C18H13F2NO6/c1-25-14-8-10(6-7-13(14)27-18(19)20)17(24)26-9-21-15(22)11-4-2-3-5-12(11)16(21)23/h2-8,18H,9H2,1H3. The summed E-state index contributed by atoms with van der Waals surface area (Å²) in [5.74, 6) is -2.34. The van der Waals surface area contributed by atoms with Gasteiger partial charge in [-0.1, -0.05) is 12.1 Å². The number of amides is 2. The lowest BCUT2D eigenvalue weighted by molar-refractivity contribution is -0.0512. The molecule has 0 spiro atoms. The maximum atomic E-state index is 12.3. The minimum Gasteiger partial charge on any atom is -0.493 e. The van der Waals surface area contributed by atoms with Gasteiger partial charge in [-0.05, 0) is 30.3 Å². The Labute approximate surface area is 152 Å². The smallest absolute Gasteiger partial charge is 0.387 e. The van der Waals surface area contributed by atoms with E-state index in [2.05, 4.69) is 4.74 Å². The average molecular weight is 377 g/mol. The number of hydrogen-bond donors (Lipinski definition) is 0. The molecule has 0 radical (unpaired) electrons. The van der Waals surface area contributed by atoms with Crippen LogP contribution in [0.3, 0.4) is 0 Å². The molecule has 0 bridgehead atoms. The van der Waals surface area contributed by atoms with Gasteiger partial charge in [0.05, 0.1) is 23.8 Å². The number of hydrogen-bond acceptors (Lipinski definition) is 6. The largest absolute Gasteiger partial charge is 0.493 e. The average Bonchev–Trinajstić information content (AvgIpc) is 2.90. The summed E-state index contributed by atoms with van der Waals surface area (Å²) in [6.45, 7) is -3.63. The summed E-state index contributed by atoms with van der Waals surface area (Å²) in [6, 6.07) is 9.73. The van der Waals surface area contributed by atoms with Crippen LogP contribution >= 0.6 is 0 Å². The minimum absolute atomic E-state index is 0.0231. The number of halogens is 2. The number of imide groups is 1. The highest BCUT2D eigenvalue weighted by Gasteiger charge is 2.35. The Bertz CT molecular complexity index is 879. The van der Waals surface area contributed by atoms with Crippen LogP contribution < -0.4 is 9.47 Å². The summed E-state index contributed by atoms with van der Waals surface area (Å²) in [7, 11) is 1.22. The van der Waals surface area contributed by atoms with Crippen molar-refractivity contribution >= 4 is 17.8 Å².